The van der Waals surface area contributed by atoms with E-state index in [-0.39, 0.29) is 16.7 Å². The number of hydrogen-bond acceptors (Lipinski definition) is 6. The van der Waals surface area contributed by atoms with Crippen molar-refractivity contribution in [2.75, 3.05) is 26.7 Å². The van der Waals surface area contributed by atoms with Gasteiger partial charge >= 0.3 is 0 Å². The van der Waals surface area contributed by atoms with Gasteiger partial charge in [-0.1, -0.05) is 0 Å². The molecule has 1 aromatic carbocycles. The number of benzene rings is 1. The molecular formula is C17H21N3O4S2. The molecule has 1 N–H and O–H groups in total. The number of carbonyl (C=O) groups is 1. The van der Waals surface area contributed by atoms with Gasteiger partial charge < -0.3 is 9.64 Å². The summed E-state index contributed by atoms with van der Waals surface area (Å²) in [5.41, 5.74) is 2.09. The molecule has 140 valence electrons. The lowest BCUT2D eigenvalue weighted by Crippen LogP contribution is -2.43. The number of thiazole rings is 1. The van der Waals surface area contributed by atoms with Crippen molar-refractivity contribution in [3.05, 3.63) is 40.8 Å². The molecule has 1 aliphatic heterocycles. The Morgan fingerprint density at radius 1 is 1.38 bits per heavy atom. The van der Waals surface area contributed by atoms with Gasteiger partial charge in [-0.25, -0.2) is 18.1 Å². The van der Waals surface area contributed by atoms with E-state index in [0.717, 1.165) is 12.8 Å². The topological polar surface area (TPSA) is 88.6 Å². The molecule has 1 amide bonds. The average Bonchev–Trinajstić information content (AvgIpc) is 3.21. The van der Waals surface area contributed by atoms with Crippen LogP contribution in [0.5, 0.6) is 5.75 Å². The number of piperidine rings is 1. The van der Waals surface area contributed by atoms with Crippen molar-refractivity contribution in [2.24, 2.45) is 5.92 Å². The van der Waals surface area contributed by atoms with E-state index in [0.29, 0.717) is 31.1 Å². The highest BCUT2D eigenvalue weighted by Crippen LogP contribution is 2.20. The second kappa shape index (κ2) is 8.15. The van der Waals surface area contributed by atoms with Crippen molar-refractivity contribution >= 4 is 27.3 Å². The lowest BCUT2D eigenvalue weighted by Gasteiger charge is -2.32. The molecule has 0 aliphatic carbocycles. The molecule has 0 bridgehead atoms. The van der Waals surface area contributed by atoms with Gasteiger partial charge in [0.25, 0.3) is 5.91 Å². The molecule has 2 aromatic rings. The fourth-order valence-corrected chi connectivity index (χ4v) is 4.60. The monoisotopic (exact) mass is 395 g/mol. The van der Waals surface area contributed by atoms with Gasteiger partial charge in [0.2, 0.25) is 10.0 Å². The highest BCUT2D eigenvalue weighted by Gasteiger charge is 2.26. The Morgan fingerprint density at radius 2 is 2.15 bits per heavy atom. The molecule has 26 heavy (non-hydrogen) atoms. The number of nitrogens with zero attached hydrogens (tertiary/aromatic N) is 2. The number of methoxy groups -OCH3 is 1. The van der Waals surface area contributed by atoms with Crippen LogP contribution in [0.15, 0.2) is 40.1 Å². The molecule has 0 saturated carbocycles. The summed E-state index contributed by atoms with van der Waals surface area (Å²) in [6.45, 7) is 1.51. The van der Waals surface area contributed by atoms with Gasteiger partial charge in [0, 0.05) is 25.0 Å². The molecule has 3 rings (SSSR count). The van der Waals surface area contributed by atoms with Crippen LogP contribution in [0.2, 0.25) is 0 Å². The number of carbonyl (C=O) groups excluding carboxylic acids is 1. The molecule has 1 aromatic heterocycles. The Balaban J connectivity index is 1.59. The Morgan fingerprint density at radius 3 is 2.81 bits per heavy atom. The minimum atomic E-state index is -3.59. The molecule has 1 atom stereocenters. The third-order valence-corrected chi connectivity index (χ3v) is 6.42. The predicted molar refractivity (Wildman–Crippen MR) is 98.9 cm³/mol. The van der Waals surface area contributed by atoms with Crippen molar-refractivity contribution in [3.8, 4) is 5.75 Å². The second-order valence-corrected chi connectivity index (χ2v) is 8.65. The minimum Gasteiger partial charge on any atom is -0.497 e. The average molecular weight is 396 g/mol. The van der Waals surface area contributed by atoms with Gasteiger partial charge in [-0.05, 0) is 43.0 Å². The molecule has 0 radical (unpaired) electrons. The maximum atomic E-state index is 12.4. The van der Waals surface area contributed by atoms with Crippen molar-refractivity contribution in [2.45, 2.75) is 17.7 Å². The summed E-state index contributed by atoms with van der Waals surface area (Å²) in [4.78, 5) is 18.4. The highest BCUT2D eigenvalue weighted by molar-refractivity contribution is 7.89. The van der Waals surface area contributed by atoms with E-state index in [9.17, 15) is 13.2 Å². The first-order valence-electron chi connectivity index (χ1n) is 8.31. The number of hydrogen-bond donors (Lipinski definition) is 1. The fourth-order valence-electron chi connectivity index (χ4n) is 2.96. The van der Waals surface area contributed by atoms with Crippen LogP contribution in [0, 0.1) is 5.92 Å². The van der Waals surface area contributed by atoms with Crippen LogP contribution >= 0.6 is 11.3 Å². The van der Waals surface area contributed by atoms with Gasteiger partial charge in [0.15, 0.2) is 0 Å². The maximum absolute atomic E-state index is 12.4. The van der Waals surface area contributed by atoms with Crippen LogP contribution in [-0.2, 0) is 10.0 Å². The van der Waals surface area contributed by atoms with Crippen molar-refractivity contribution in [1.29, 1.82) is 0 Å². The zero-order valence-electron chi connectivity index (χ0n) is 14.4. The van der Waals surface area contributed by atoms with Gasteiger partial charge in [0.1, 0.15) is 11.4 Å². The standard InChI is InChI=1S/C17H21N3O4S2/c1-24-14-4-6-15(7-5-14)26(22,23)19-9-13-3-2-8-20(10-13)17(21)16-11-25-12-18-16/h4-7,11-13,19H,2-3,8-10H2,1H3/t13-/m0/s1. The van der Waals surface area contributed by atoms with E-state index in [4.69, 9.17) is 4.74 Å². The molecule has 1 saturated heterocycles. The van der Waals surface area contributed by atoms with Gasteiger partial charge in [-0.15, -0.1) is 11.3 Å². The van der Waals surface area contributed by atoms with Crippen molar-refractivity contribution in [1.82, 2.24) is 14.6 Å². The van der Waals surface area contributed by atoms with Gasteiger partial charge in [-0.3, -0.25) is 4.79 Å². The minimum absolute atomic E-state index is 0.0827. The molecule has 0 spiro atoms. The largest absolute Gasteiger partial charge is 0.497 e. The van der Waals surface area contributed by atoms with E-state index < -0.39 is 10.0 Å². The van der Waals surface area contributed by atoms with E-state index >= 15 is 0 Å². The van der Waals surface area contributed by atoms with E-state index in [2.05, 4.69) is 9.71 Å². The molecule has 7 nitrogen and oxygen atoms in total. The molecular weight excluding hydrogens is 374 g/mol. The van der Waals surface area contributed by atoms with Crippen molar-refractivity contribution < 1.29 is 17.9 Å². The van der Waals surface area contributed by atoms with Crippen molar-refractivity contribution in [3.63, 3.8) is 0 Å². The first-order valence-corrected chi connectivity index (χ1v) is 10.7. The van der Waals surface area contributed by atoms with Crippen LogP contribution < -0.4 is 9.46 Å². The molecule has 1 fully saturated rings. The number of aromatic nitrogens is 1. The van der Waals surface area contributed by atoms with Crippen LogP contribution in [0.1, 0.15) is 23.3 Å². The zero-order valence-corrected chi connectivity index (χ0v) is 16.1. The highest BCUT2D eigenvalue weighted by atomic mass is 32.2. The van der Waals surface area contributed by atoms with E-state index in [1.807, 2.05) is 0 Å². The fraction of sp³-hybridized carbons (Fsp3) is 0.412. The SMILES string of the molecule is COc1ccc(S(=O)(=O)NC[C@@H]2CCCN(C(=O)c3cscn3)C2)cc1. The second-order valence-electron chi connectivity index (χ2n) is 6.16. The quantitative estimate of drug-likeness (QED) is 0.808. The van der Waals surface area contributed by atoms with E-state index in [1.165, 1.54) is 30.6 Å². The third-order valence-electron chi connectivity index (χ3n) is 4.39. The predicted octanol–water partition coefficient (Wildman–Crippen LogP) is 1.98. The molecule has 0 unspecified atom stereocenters. The number of sulfonamides is 1. The zero-order chi connectivity index (χ0) is 18.6. The summed E-state index contributed by atoms with van der Waals surface area (Å²) in [6.07, 6.45) is 1.73. The summed E-state index contributed by atoms with van der Waals surface area (Å²) in [5, 5.41) is 1.73. The summed E-state index contributed by atoms with van der Waals surface area (Å²) in [5.74, 6) is 0.598. The Hall–Kier alpha value is -1.97. The molecule has 9 heteroatoms. The first kappa shape index (κ1) is 18.8. The summed E-state index contributed by atoms with van der Waals surface area (Å²) in [6, 6.07) is 6.26. The smallest absolute Gasteiger partial charge is 0.273 e. The van der Waals surface area contributed by atoms with Gasteiger partial charge in [-0.2, -0.15) is 0 Å². The number of nitrogens with one attached hydrogen (secondary N) is 1. The summed E-state index contributed by atoms with van der Waals surface area (Å²) in [7, 11) is -2.05. The Labute approximate surface area is 157 Å². The lowest BCUT2D eigenvalue weighted by atomic mass is 9.98. The summed E-state index contributed by atoms with van der Waals surface area (Å²) >= 11 is 1.39. The van der Waals surface area contributed by atoms with Crippen LogP contribution in [0.4, 0.5) is 0 Å². The lowest BCUT2D eigenvalue weighted by molar-refractivity contribution is 0.0671. The number of rotatable bonds is 6. The molecule has 1 aliphatic rings. The van der Waals surface area contributed by atoms with Crippen LogP contribution in [0.25, 0.3) is 0 Å². The van der Waals surface area contributed by atoms with E-state index in [1.54, 1.807) is 27.9 Å². The first-order chi connectivity index (χ1) is 12.5. The maximum Gasteiger partial charge on any atom is 0.273 e. The number of ether oxygens (including phenoxy) is 1. The summed E-state index contributed by atoms with van der Waals surface area (Å²) < 4.78 is 32.6. The Kier molecular flexibility index (Phi) is 5.90. The number of likely N-dealkylation sites (tertiary alicyclic amines) is 1. The third kappa shape index (κ3) is 4.40. The van der Waals surface area contributed by atoms with Gasteiger partial charge in [0.05, 0.1) is 17.5 Å². The normalized spacial score (nSPS) is 17.9. The number of amides is 1. The van der Waals surface area contributed by atoms with Crippen LogP contribution in [-0.4, -0.2) is 51.0 Å². The molecule has 2 heterocycles. The van der Waals surface area contributed by atoms with Crippen LogP contribution in [0.3, 0.4) is 0 Å². The Bertz CT molecular complexity index is 835.